The van der Waals surface area contributed by atoms with Crippen LogP contribution in [-0.4, -0.2) is 9.55 Å². The summed E-state index contributed by atoms with van der Waals surface area (Å²) in [6.07, 6.45) is 0. The van der Waals surface area contributed by atoms with Crippen molar-refractivity contribution in [2.45, 2.75) is 20.4 Å². The van der Waals surface area contributed by atoms with Crippen LogP contribution in [0.1, 0.15) is 16.8 Å². The van der Waals surface area contributed by atoms with Gasteiger partial charge in [0.15, 0.2) is 0 Å². The van der Waals surface area contributed by atoms with E-state index in [1.807, 2.05) is 26.0 Å². The van der Waals surface area contributed by atoms with Gasteiger partial charge in [0, 0.05) is 13.6 Å². The number of rotatable bonds is 1. The fraction of sp³-hybridized carbons (Fsp3) is 0.333. The number of nitrogens with zero attached hydrogens (tertiary/aromatic N) is 2. The Bertz CT molecular complexity index is 614. The Morgan fingerprint density at radius 2 is 1.94 bits per heavy atom. The minimum Gasteiger partial charge on any atom is -0.325 e. The van der Waals surface area contributed by atoms with Crippen molar-refractivity contribution >= 4 is 11.0 Å². The van der Waals surface area contributed by atoms with Gasteiger partial charge >= 0.3 is 0 Å². The zero-order chi connectivity index (χ0) is 11.9. The summed E-state index contributed by atoms with van der Waals surface area (Å²) in [5.41, 5.74) is 9.81. The van der Waals surface area contributed by atoms with E-state index in [-0.39, 0.29) is 12.1 Å². The molecule has 16 heavy (non-hydrogen) atoms. The quantitative estimate of drug-likeness (QED) is 0.775. The summed E-state index contributed by atoms with van der Waals surface area (Å²) >= 11 is 0. The molecule has 0 aliphatic heterocycles. The lowest BCUT2D eigenvalue weighted by atomic mass is 10.1. The lowest BCUT2D eigenvalue weighted by Gasteiger charge is -2.09. The van der Waals surface area contributed by atoms with Crippen LogP contribution in [0.25, 0.3) is 11.0 Å². The van der Waals surface area contributed by atoms with Crippen LogP contribution in [0.15, 0.2) is 16.9 Å². The summed E-state index contributed by atoms with van der Waals surface area (Å²) in [6.45, 7) is 4.23. The molecule has 2 N–H and O–H groups in total. The van der Waals surface area contributed by atoms with Crippen LogP contribution < -0.4 is 11.3 Å². The third-order valence-electron chi connectivity index (χ3n) is 2.95. The minimum atomic E-state index is -0.113. The van der Waals surface area contributed by atoms with Gasteiger partial charge < -0.3 is 10.3 Å². The second-order valence-corrected chi connectivity index (χ2v) is 4.05. The molecule has 0 bridgehead atoms. The van der Waals surface area contributed by atoms with E-state index in [1.165, 1.54) is 5.56 Å². The van der Waals surface area contributed by atoms with Gasteiger partial charge in [0.05, 0.1) is 11.0 Å². The number of hydrogen-bond acceptors (Lipinski definition) is 3. The normalized spacial score (nSPS) is 11.0. The van der Waals surface area contributed by atoms with E-state index >= 15 is 0 Å². The number of aryl methyl sites for hydroxylation is 3. The fourth-order valence-corrected chi connectivity index (χ4v) is 1.77. The van der Waals surface area contributed by atoms with E-state index in [4.69, 9.17) is 5.73 Å². The lowest BCUT2D eigenvalue weighted by molar-refractivity contribution is 0.837. The molecule has 2 aromatic rings. The summed E-state index contributed by atoms with van der Waals surface area (Å²) < 4.78 is 1.61. The number of aromatic nitrogens is 2. The fourth-order valence-electron chi connectivity index (χ4n) is 1.77. The molecule has 0 fully saturated rings. The molecule has 84 valence electrons. The smallest absolute Gasteiger partial charge is 0.273 e. The van der Waals surface area contributed by atoms with E-state index in [9.17, 15) is 4.79 Å². The highest BCUT2D eigenvalue weighted by Crippen LogP contribution is 2.16. The van der Waals surface area contributed by atoms with Crippen molar-refractivity contribution < 1.29 is 0 Å². The van der Waals surface area contributed by atoms with Gasteiger partial charge in [0.2, 0.25) is 0 Å². The van der Waals surface area contributed by atoms with Gasteiger partial charge in [-0.3, -0.25) is 4.79 Å². The lowest BCUT2D eigenvalue weighted by Crippen LogP contribution is -2.25. The van der Waals surface area contributed by atoms with Gasteiger partial charge in [-0.2, -0.15) is 0 Å². The average molecular weight is 217 g/mol. The maximum absolute atomic E-state index is 11.8. The number of nitrogens with two attached hydrogens (primary N) is 1. The summed E-state index contributed by atoms with van der Waals surface area (Å²) in [7, 11) is 1.75. The maximum Gasteiger partial charge on any atom is 0.273 e. The summed E-state index contributed by atoms with van der Waals surface area (Å²) in [5, 5.41) is 0. The van der Waals surface area contributed by atoms with Gasteiger partial charge in [-0.1, -0.05) is 0 Å². The Labute approximate surface area is 93.7 Å². The van der Waals surface area contributed by atoms with Crippen LogP contribution in [0, 0.1) is 13.8 Å². The Hall–Kier alpha value is -1.68. The Balaban J connectivity index is 2.93. The highest BCUT2D eigenvalue weighted by molar-refractivity contribution is 5.76. The number of hydrogen-bond donors (Lipinski definition) is 1. The predicted molar refractivity (Wildman–Crippen MR) is 64.3 cm³/mol. The molecule has 0 saturated carbocycles. The molecule has 0 unspecified atom stereocenters. The molecule has 0 aliphatic rings. The topological polar surface area (TPSA) is 60.9 Å². The Morgan fingerprint density at radius 1 is 1.31 bits per heavy atom. The first-order chi connectivity index (χ1) is 7.54. The van der Waals surface area contributed by atoms with E-state index in [0.29, 0.717) is 5.69 Å². The predicted octanol–water partition coefficient (Wildman–Crippen LogP) is 1.01. The van der Waals surface area contributed by atoms with E-state index in [2.05, 4.69) is 4.98 Å². The van der Waals surface area contributed by atoms with Crippen LogP contribution in [0.5, 0.6) is 0 Å². The molecule has 1 aromatic carbocycles. The second kappa shape index (κ2) is 3.72. The number of fused-ring (bicyclic) bond motifs is 1. The van der Waals surface area contributed by atoms with Gasteiger partial charge in [0.25, 0.3) is 5.56 Å². The van der Waals surface area contributed by atoms with Crippen molar-refractivity contribution in [3.05, 3.63) is 39.3 Å². The molecule has 0 amide bonds. The summed E-state index contributed by atoms with van der Waals surface area (Å²) in [4.78, 5) is 16.1. The van der Waals surface area contributed by atoms with E-state index in [1.54, 1.807) is 11.6 Å². The third kappa shape index (κ3) is 1.51. The van der Waals surface area contributed by atoms with Crippen LogP contribution in [0.2, 0.25) is 0 Å². The standard InChI is InChI=1S/C12H15N3O/c1-7-4-9-11(5-8(7)2)15(3)12(16)10(6-13)14-9/h4-5H,6,13H2,1-3H3. The van der Waals surface area contributed by atoms with E-state index in [0.717, 1.165) is 16.6 Å². The molecule has 0 aliphatic carbocycles. The Morgan fingerprint density at radius 3 is 2.56 bits per heavy atom. The first kappa shape index (κ1) is 10.8. The zero-order valence-corrected chi connectivity index (χ0v) is 9.74. The molecule has 2 rings (SSSR count). The molecule has 1 heterocycles. The van der Waals surface area contributed by atoms with Crippen molar-refractivity contribution in [1.29, 1.82) is 0 Å². The van der Waals surface area contributed by atoms with Crippen LogP contribution in [0.4, 0.5) is 0 Å². The molecule has 0 radical (unpaired) electrons. The average Bonchev–Trinajstić information content (AvgIpc) is 2.26. The molecule has 1 aromatic heterocycles. The van der Waals surface area contributed by atoms with Crippen molar-refractivity contribution in [3.8, 4) is 0 Å². The van der Waals surface area contributed by atoms with Gasteiger partial charge in [-0.25, -0.2) is 4.98 Å². The first-order valence-corrected chi connectivity index (χ1v) is 5.21. The van der Waals surface area contributed by atoms with Gasteiger partial charge in [-0.05, 0) is 37.1 Å². The number of benzene rings is 1. The minimum absolute atomic E-state index is 0.113. The summed E-state index contributed by atoms with van der Waals surface area (Å²) in [5.74, 6) is 0. The molecular formula is C12H15N3O. The van der Waals surface area contributed by atoms with Crippen molar-refractivity contribution in [2.75, 3.05) is 0 Å². The zero-order valence-electron chi connectivity index (χ0n) is 9.74. The highest BCUT2D eigenvalue weighted by Gasteiger charge is 2.08. The first-order valence-electron chi connectivity index (χ1n) is 5.21. The molecule has 0 spiro atoms. The monoisotopic (exact) mass is 217 g/mol. The molecule has 0 atom stereocenters. The molecule has 4 nitrogen and oxygen atoms in total. The van der Waals surface area contributed by atoms with Crippen molar-refractivity contribution in [2.24, 2.45) is 12.8 Å². The highest BCUT2D eigenvalue weighted by atomic mass is 16.1. The molecular weight excluding hydrogens is 202 g/mol. The largest absolute Gasteiger partial charge is 0.325 e. The van der Waals surface area contributed by atoms with E-state index < -0.39 is 0 Å². The second-order valence-electron chi connectivity index (χ2n) is 4.05. The maximum atomic E-state index is 11.8. The SMILES string of the molecule is Cc1cc2nc(CN)c(=O)n(C)c2cc1C. The Kier molecular flexibility index (Phi) is 2.52. The van der Waals surface area contributed by atoms with Crippen LogP contribution >= 0.6 is 0 Å². The van der Waals surface area contributed by atoms with Crippen LogP contribution in [0.3, 0.4) is 0 Å². The van der Waals surface area contributed by atoms with Gasteiger partial charge in [-0.15, -0.1) is 0 Å². The van der Waals surface area contributed by atoms with Crippen molar-refractivity contribution in [3.63, 3.8) is 0 Å². The molecule has 0 saturated heterocycles. The molecule has 4 heteroatoms. The third-order valence-corrected chi connectivity index (χ3v) is 2.95. The van der Waals surface area contributed by atoms with Gasteiger partial charge in [0.1, 0.15) is 5.69 Å². The van der Waals surface area contributed by atoms with Crippen molar-refractivity contribution in [1.82, 2.24) is 9.55 Å². The summed E-state index contributed by atoms with van der Waals surface area (Å²) in [6, 6.07) is 3.97. The van der Waals surface area contributed by atoms with Crippen LogP contribution in [-0.2, 0) is 13.6 Å².